The van der Waals surface area contributed by atoms with Crippen molar-refractivity contribution in [2.75, 3.05) is 32.9 Å². The SMILES string of the molecule is CCCCOCCCN1CCC[C@@]2(S(=O)(=O)c3ccc(Cl)cc3)c3c(F)ccc(F)c3OCC12. The minimum atomic E-state index is -4.15. The van der Waals surface area contributed by atoms with Crippen LogP contribution in [-0.2, 0) is 19.3 Å². The molecular weight excluding hydrogens is 484 g/mol. The summed E-state index contributed by atoms with van der Waals surface area (Å²) in [6, 6.07) is 7.14. The second-order valence-corrected chi connectivity index (χ2v) is 11.5. The van der Waals surface area contributed by atoms with E-state index in [1.165, 1.54) is 24.3 Å². The molecule has 0 N–H and O–H groups in total. The summed E-state index contributed by atoms with van der Waals surface area (Å²) in [6.45, 7) is 4.52. The van der Waals surface area contributed by atoms with E-state index in [1.807, 2.05) is 4.90 Å². The van der Waals surface area contributed by atoms with Crippen molar-refractivity contribution in [3.8, 4) is 5.75 Å². The molecule has 2 aromatic rings. The van der Waals surface area contributed by atoms with E-state index < -0.39 is 32.3 Å². The zero-order chi connectivity index (χ0) is 24.3. The van der Waals surface area contributed by atoms with Crippen LogP contribution in [0, 0.1) is 11.6 Å². The van der Waals surface area contributed by atoms with Crippen molar-refractivity contribution in [1.82, 2.24) is 4.90 Å². The largest absolute Gasteiger partial charge is 0.488 e. The number of rotatable bonds is 9. The van der Waals surface area contributed by atoms with Gasteiger partial charge < -0.3 is 9.47 Å². The number of halogens is 3. The zero-order valence-electron chi connectivity index (χ0n) is 19.2. The molecule has 2 atom stereocenters. The molecule has 1 fully saturated rings. The fraction of sp³-hybridized carbons (Fsp3) is 0.520. The van der Waals surface area contributed by atoms with Crippen LogP contribution in [0.5, 0.6) is 5.75 Å². The Morgan fingerprint density at radius 2 is 1.82 bits per heavy atom. The molecule has 0 aromatic heterocycles. The summed E-state index contributed by atoms with van der Waals surface area (Å²) in [7, 11) is -4.15. The predicted octanol–water partition coefficient (Wildman–Crippen LogP) is 5.35. The molecule has 0 bridgehead atoms. The van der Waals surface area contributed by atoms with Gasteiger partial charge in [-0.05, 0) is 68.6 Å². The lowest BCUT2D eigenvalue weighted by Crippen LogP contribution is -2.63. The molecule has 5 nitrogen and oxygen atoms in total. The number of fused-ring (bicyclic) bond motifs is 3. The third-order valence-corrected chi connectivity index (χ3v) is 9.60. The highest BCUT2D eigenvalue weighted by Crippen LogP contribution is 2.53. The molecule has 186 valence electrons. The number of hydrogen-bond donors (Lipinski definition) is 0. The van der Waals surface area contributed by atoms with Gasteiger partial charge in [0.15, 0.2) is 21.4 Å². The lowest BCUT2D eigenvalue weighted by molar-refractivity contribution is 0.0348. The first-order valence-corrected chi connectivity index (χ1v) is 13.6. The number of piperidine rings is 1. The Bertz CT molecular complexity index is 1110. The molecule has 0 spiro atoms. The van der Waals surface area contributed by atoms with Crippen LogP contribution in [0.4, 0.5) is 8.78 Å². The van der Waals surface area contributed by atoms with E-state index in [0.717, 1.165) is 25.0 Å². The van der Waals surface area contributed by atoms with Crippen LogP contribution in [0.1, 0.15) is 44.6 Å². The first-order valence-electron chi connectivity index (χ1n) is 11.8. The third-order valence-electron chi connectivity index (χ3n) is 6.82. The summed E-state index contributed by atoms with van der Waals surface area (Å²) in [4.78, 5) is 2.07. The van der Waals surface area contributed by atoms with Crippen molar-refractivity contribution < 1.29 is 26.7 Å². The van der Waals surface area contributed by atoms with Crippen molar-refractivity contribution >= 4 is 21.4 Å². The van der Waals surface area contributed by atoms with E-state index in [9.17, 15) is 12.8 Å². The Morgan fingerprint density at radius 1 is 1.12 bits per heavy atom. The van der Waals surface area contributed by atoms with Crippen molar-refractivity contribution in [1.29, 1.82) is 0 Å². The van der Waals surface area contributed by atoms with Gasteiger partial charge in [0.1, 0.15) is 17.2 Å². The molecule has 2 aliphatic rings. The summed E-state index contributed by atoms with van der Waals surface area (Å²) >= 11 is 5.99. The molecule has 1 unspecified atom stereocenters. The standard InChI is InChI=1S/C25H30ClF2NO4S/c1-2-3-15-32-16-5-14-29-13-4-12-25(34(30,31)19-8-6-18(26)7-9-19)22(29)17-33-24-21(28)11-10-20(27)23(24)25/h6-11,22H,2-5,12-17H2,1H3/t22?,25-/m0/s1. The van der Waals surface area contributed by atoms with E-state index in [4.69, 9.17) is 21.1 Å². The monoisotopic (exact) mass is 513 g/mol. The molecule has 1 saturated heterocycles. The van der Waals surface area contributed by atoms with E-state index in [0.29, 0.717) is 44.2 Å². The summed E-state index contributed by atoms with van der Waals surface area (Å²) in [5.74, 6) is -1.84. The highest BCUT2D eigenvalue weighted by molar-refractivity contribution is 7.92. The lowest BCUT2D eigenvalue weighted by Gasteiger charge is -2.52. The number of sulfone groups is 1. The normalized spacial score (nSPS) is 22.6. The minimum Gasteiger partial charge on any atom is -0.488 e. The maximum Gasteiger partial charge on any atom is 0.190 e. The van der Waals surface area contributed by atoms with Gasteiger partial charge in [-0.1, -0.05) is 24.9 Å². The number of benzene rings is 2. The van der Waals surface area contributed by atoms with Crippen LogP contribution < -0.4 is 4.74 Å². The fourth-order valence-corrected chi connectivity index (χ4v) is 7.67. The van der Waals surface area contributed by atoms with E-state index in [2.05, 4.69) is 6.92 Å². The van der Waals surface area contributed by atoms with Gasteiger partial charge in [0, 0.05) is 24.8 Å². The Morgan fingerprint density at radius 3 is 2.56 bits per heavy atom. The molecule has 2 heterocycles. The van der Waals surface area contributed by atoms with Crippen LogP contribution in [0.3, 0.4) is 0 Å². The van der Waals surface area contributed by atoms with Gasteiger partial charge >= 0.3 is 0 Å². The number of nitrogens with zero attached hydrogens (tertiary/aromatic N) is 1. The third kappa shape index (κ3) is 4.45. The Labute approximate surface area is 204 Å². The van der Waals surface area contributed by atoms with Crippen LogP contribution in [0.15, 0.2) is 41.3 Å². The molecule has 0 amide bonds. The zero-order valence-corrected chi connectivity index (χ0v) is 20.8. The molecule has 9 heteroatoms. The maximum absolute atomic E-state index is 15.4. The minimum absolute atomic E-state index is 0.0307. The van der Waals surface area contributed by atoms with Crippen LogP contribution in [-0.4, -0.2) is 52.3 Å². The van der Waals surface area contributed by atoms with Crippen molar-refractivity contribution in [3.63, 3.8) is 0 Å². The number of likely N-dealkylation sites (tertiary alicyclic amines) is 1. The van der Waals surface area contributed by atoms with Crippen molar-refractivity contribution in [2.45, 2.75) is 54.7 Å². The molecule has 0 aliphatic carbocycles. The Kier molecular flexibility index (Phi) is 7.82. The maximum atomic E-state index is 15.4. The topological polar surface area (TPSA) is 55.8 Å². The van der Waals surface area contributed by atoms with Crippen LogP contribution >= 0.6 is 11.6 Å². The summed E-state index contributed by atoms with van der Waals surface area (Å²) in [5.41, 5.74) is -0.206. The van der Waals surface area contributed by atoms with Gasteiger partial charge in [-0.3, -0.25) is 4.90 Å². The fourth-order valence-electron chi connectivity index (χ4n) is 5.18. The number of ether oxygens (including phenoxy) is 2. The molecule has 2 aromatic carbocycles. The molecule has 4 rings (SSSR count). The summed E-state index contributed by atoms with van der Waals surface area (Å²) in [6.07, 6.45) is 3.44. The molecule has 0 saturated carbocycles. The van der Waals surface area contributed by atoms with Gasteiger partial charge in [0.25, 0.3) is 0 Å². The van der Waals surface area contributed by atoms with Gasteiger partial charge in [0.2, 0.25) is 0 Å². The van der Waals surface area contributed by atoms with E-state index >= 15 is 4.39 Å². The van der Waals surface area contributed by atoms with E-state index in [1.54, 1.807) is 0 Å². The Balaban J connectivity index is 1.76. The number of unbranched alkanes of at least 4 members (excludes halogenated alkanes) is 1. The van der Waals surface area contributed by atoms with E-state index in [-0.39, 0.29) is 29.2 Å². The summed E-state index contributed by atoms with van der Waals surface area (Å²) in [5, 5.41) is 0.394. The van der Waals surface area contributed by atoms with Gasteiger partial charge in [0.05, 0.1) is 16.5 Å². The Hall–Kier alpha value is -1.74. The van der Waals surface area contributed by atoms with Crippen molar-refractivity contribution in [2.24, 2.45) is 0 Å². The first-order chi connectivity index (χ1) is 16.3. The predicted molar refractivity (Wildman–Crippen MR) is 127 cm³/mol. The molecule has 2 aliphatic heterocycles. The smallest absolute Gasteiger partial charge is 0.190 e. The average molecular weight is 514 g/mol. The highest BCUT2D eigenvalue weighted by Gasteiger charge is 2.60. The number of hydrogen-bond acceptors (Lipinski definition) is 5. The highest BCUT2D eigenvalue weighted by atomic mass is 35.5. The van der Waals surface area contributed by atoms with Gasteiger partial charge in [-0.25, -0.2) is 17.2 Å². The van der Waals surface area contributed by atoms with Crippen LogP contribution in [0.2, 0.25) is 5.02 Å². The summed E-state index contributed by atoms with van der Waals surface area (Å²) < 4.78 is 68.3. The van der Waals surface area contributed by atoms with Crippen molar-refractivity contribution in [3.05, 3.63) is 58.6 Å². The average Bonchev–Trinajstić information content (AvgIpc) is 2.83. The first kappa shape index (κ1) is 25.4. The second kappa shape index (κ2) is 10.5. The van der Waals surface area contributed by atoms with Gasteiger partial charge in [-0.2, -0.15) is 0 Å². The quantitative estimate of drug-likeness (QED) is 0.423. The molecular formula is C25H30ClF2NO4S. The second-order valence-electron chi connectivity index (χ2n) is 8.87. The van der Waals surface area contributed by atoms with Crippen LogP contribution in [0.25, 0.3) is 0 Å². The lowest BCUT2D eigenvalue weighted by atomic mass is 9.80. The van der Waals surface area contributed by atoms with Gasteiger partial charge in [-0.15, -0.1) is 0 Å². The molecule has 0 radical (unpaired) electrons. The molecule has 34 heavy (non-hydrogen) atoms.